The number of hydrogen-bond donors (Lipinski definition) is 0. The molecule has 1 unspecified atom stereocenters. The summed E-state index contributed by atoms with van der Waals surface area (Å²) in [5, 5.41) is 28.8. The molecular weight excluding hydrogens is 270 g/mol. The van der Waals surface area contributed by atoms with E-state index in [2.05, 4.69) is 15.9 Å². The first-order chi connectivity index (χ1) is 10.1. The number of nitro benzene ring substituents is 1. The van der Waals surface area contributed by atoms with Crippen LogP contribution in [-0.2, 0) is 0 Å². The second-order valence-corrected chi connectivity index (χ2v) is 4.90. The number of benzene rings is 1. The highest BCUT2D eigenvalue weighted by atomic mass is 16.6. The minimum Gasteiger partial charge on any atom is -0.369 e. The van der Waals surface area contributed by atoms with Crippen LogP contribution in [-0.4, -0.2) is 42.0 Å². The van der Waals surface area contributed by atoms with Crippen LogP contribution in [0.2, 0.25) is 0 Å². The van der Waals surface area contributed by atoms with Gasteiger partial charge in [0.05, 0.1) is 17.0 Å². The summed E-state index contributed by atoms with van der Waals surface area (Å²) in [7, 11) is 0. The van der Waals surface area contributed by atoms with E-state index >= 15 is 0 Å². The third kappa shape index (κ3) is 3.10. The lowest BCUT2D eigenvalue weighted by molar-refractivity contribution is -0.385. The Labute approximate surface area is 122 Å². The van der Waals surface area contributed by atoms with Gasteiger partial charge in [-0.3, -0.25) is 15.0 Å². The van der Waals surface area contributed by atoms with Crippen molar-refractivity contribution < 1.29 is 4.92 Å². The summed E-state index contributed by atoms with van der Waals surface area (Å²) in [6.07, 6.45) is 0. The fraction of sp³-hybridized carbons (Fsp3) is 0.429. The molecule has 0 amide bonds. The highest BCUT2D eigenvalue weighted by Gasteiger charge is 2.22. The summed E-state index contributed by atoms with van der Waals surface area (Å²) in [6, 6.07) is 8.57. The molecule has 0 spiro atoms. The molecule has 1 fully saturated rings. The number of rotatable bonds is 3. The molecule has 1 aliphatic heterocycles. The van der Waals surface area contributed by atoms with Gasteiger partial charge < -0.3 is 4.90 Å². The average Bonchev–Trinajstić information content (AvgIpc) is 2.53. The number of anilines is 1. The lowest BCUT2D eigenvalue weighted by Crippen LogP contribution is -2.49. The van der Waals surface area contributed by atoms with E-state index in [4.69, 9.17) is 10.5 Å². The van der Waals surface area contributed by atoms with Crippen molar-refractivity contribution in [3.05, 3.63) is 33.9 Å². The van der Waals surface area contributed by atoms with Crippen LogP contribution < -0.4 is 4.90 Å². The zero-order valence-electron chi connectivity index (χ0n) is 11.7. The zero-order valence-corrected chi connectivity index (χ0v) is 11.7. The number of hydrogen-bond acceptors (Lipinski definition) is 6. The number of nitro groups is 1. The largest absolute Gasteiger partial charge is 0.369 e. The van der Waals surface area contributed by atoms with Gasteiger partial charge in [-0.2, -0.15) is 10.5 Å². The van der Waals surface area contributed by atoms with Crippen molar-refractivity contribution in [1.82, 2.24) is 4.90 Å². The SMILES string of the molecule is CC(C#N)N1CCN(c2ccc([N+](=O)[O-])c(C#N)c2)CC1. The summed E-state index contributed by atoms with van der Waals surface area (Å²) in [6.45, 7) is 4.85. The third-order valence-corrected chi connectivity index (χ3v) is 3.71. The van der Waals surface area contributed by atoms with Crippen LogP contribution in [0, 0.1) is 32.8 Å². The molecule has 7 heteroatoms. The van der Waals surface area contributed by atoms with Gasteiger partial charge in [0.1, 0.15) is 11.6 Å². The first-order valence-corrected chi connectivity index (χ1v) is 6.64. The molecule has 1 aliphatic rings. The Bertz CT molecular complexity index is 623. The second kappa shape index (κ2) is 6.21. The molecule has 0 bridgehead atoms. The van der Waals surface area contributed by atoms with Gasteiger partial charge in [-0.25, -0.2) is 0 Å². The van der Waals surface area contributed by atoms with E-state index in [9.17, 15) is 10.1 Å². The molecule has 0 saturated carbocycles. The van der Waals surface area contributed by atoms with Crippen LogP contribution in [0.25, 0.3) is 0 Å². The normalized spacial score (nSPS) is 16.8. The Hall–Kier alpha value is -2.64. The topological polar surface area (TPSA) is 97.2 Å². The molecule has 0 radical (unpaired) electrons. The molecular formula is C14H15N5O2. The molecule has 0 aromatic heterocycles. The lowest BCUT2D eigenvalue weighted by Gasteiger charge is -2.37. The smallest absolute Gasteiger partial charge is 0.287 e. The summed E-state index contributed by atoms with van der Waals surface area (Å²) in [5.41, 5.74) is 0.713. The first kappa shape index (κ1) is 14.8. The Kier molecular flexibility index (Phi) is 4.36. The van der Waals surface area contributed by atoms with Gasteiger partial charge in [-0.05, 0) is 19.1 Å². The third-order valence-electron chi connectivity index (χ3n) is 3.71. The molecule has 108 valence electrons. The summed E-state index contributed by atoms with van der Waals surface area (Å²) in [5.74, 6) is 0. The Balaban J connectivity index is 2.13. The first-order valence-electron chi connectivity index (χ1n) is 6.64. The zero-order chi connectivity index (χ0) is 15.4. The van der Waals surface area contributed by atoms with Crippen LogP contribution in [0.3, 0.4) is 0 Å². The minimum absolute atomic E-state index is 0.0744. The molecule has 1 atom stereocenters. The van der Waals surface area contributed by atoms with Crippen molar-refractivity contribution >= 4 is 11.4 Å². The standard InChI is InChI=1S/C14H15N5O2/c1-11(9-15)17-4-6-18(7-5-17)13-2-3-14(19(20)21)12(8-13)10-16/h2-3,8,11H,4-7H2,1H3. The van der Waals surface area contributed by atoms with E-state index < -0.39 is 4.92 Å². The van der Waals surface area contributed by atoms with Gasteiger partial charge >= 0.3 is 0 Å². The molecule has 1 saturated heterocycles. The molecule has 1 aromatic rings. The van der Waals surface area contributed by atoms with Crippen molar-refractivity contribution in [3.63, 3.8) is 0 Å². The van der Waals surface area contributed by atoms with Gasteiger partial charge in [0.25, 0.3) is 5.69 Å². The van der Waals surface area contributed by atoms with Crippen molar-refractivity contribution in [3.8, 4) is 12.1 Å². The molecule has 1 aromatic carbocycles. The molecule has 1 heterocycles. The fourth-order valence-corrected chi connectivity index (χ4v) is 2.42. The van der Waals surface area contributed by atoms with Crippen LogP contribution >= 0.6 is 0 Å². The quantitative estimate of drug-likeness (QED) is 0.616. The summed E-state index contributed by atoms with van der Waals surface area (Å²) < 4.78 is 0. The highest BCUT2D eigenvalue weighted by Crippen LogP contribution is 2.25. The monoisotopic (exact) mass is 285 g/mol. The van der Waals surface area contributed by atoms with Gasteiger partial charge in [0.15, 0.2) is 0 Å². The average molecular weight is 285 g/mol. The van der Waals surface area contributed by atoms with Crippen LogP contribution in [0.1, 0.15) is 12.5 Å². The molecule has 0 N–H and O–H groups in total. The molecule has 7 nitrogen and oxygen atoms in total. The van der Waals surface area contributed by atoms with Crippen molar-refractivity contribution in [2.75, 3.05) is 31.1 Å². The Morgan fingerprint density at radius 3 is 2.48 bits per heavy atom. The second-order valence-electron chi connectivity index (χ2n) is 4.90. The van der Waals surface area contributed by atoms with E-state index in [0.29, 0.717) is 0 Å². The van der Waals surface area contributed by atoms with Crippen LogP contribution in [0.15, 0.2) is 18.2 Å². The Morgan fingerprint density at radius 2 is 1.95 bits per heavy atom. The Morgan fingerprint density at radius 1 is 1.29 bits per heavy atom. The minimum atomic E-state index is -0.547. The predicted octanol–water partition coefficient (Wildman–Crippen LogP) is 1.50. The maximum atomic E-state index is 10.8. The lowest BCUT2D eigenvalue weighted by atomic mass is 10.1. The van der Waals surface area contributed by atoms with E-state index in [-0.39, 0.29) is 17.3 Å². The van der Waals surface area contributed by atoms with Gasteiger partial charge in [-0.15, -0.1) is 0 Å². The maximum Gasteiger partial charge on any atom is 0.287 e. The summed E-state index contributed by atoms with van der Waals surface area (Å²) >= 11 is 0. The van der Waals surface area contributed by atoms with Crippen molar-refractivity contribution in [2.24, 2.45) is 0 Å². The highest BCUT2D eigenvalue weighted by molar-refractivity contribution is 5.60. The van der Waals surface area contributed by atoms with E-state index in [0.717, 1.165) is 31.9 Å². The van der Waals surface area contributed by atoms with Crippen molar-refractivity contribution in [1.29, 1.82) is 10.5 Å². The van der Waals surface area contributed by atoms with Gasteiger partial charge in [0, 0.05) is 37.9 Å². The van der Waals surface area contributed by atoms with Gasteiger partial charge in [0.2, 0.25) is 0 Å². The number of nitriles is 2. The van der Waals surface area contributed by atoms with Crippen LogP contribution in [0.5, 0.6) is 0 Å². The van der Waals surface area contributed by atoms with E-state index in [1.165, 1.54) is 6.07 Å². The van der Waals surface area contributed by atoms with E-state index in [1.807, 2.05) is 13.0 Å². The van der Waals surface area contributed by atoms with Gasteiger partial charge in [-0.1, -0.05) is 0 Å². The van der Waals surface area contributed by atoms with Crippen molar-refractivity contribution in [2.45, 2.75) is 13.0 Å². The fourth-order valence-electron chi connectivity index (χ4n) is 2.42. The summed E-state index contributed by atoms with van der Waals surface area (Å²) in [4.78, 5) is 14.4. The maximum absolute atomic E-state index is 10.8. The number of nitrogens with zero attached hydrogens (tertiary/aromatic N) is 5. The molecule has 21 heavy (non-hydrogen) atoms. The molecule has 2 rings (SSSR count). The molecule has 0 aliphatic carbocycles. The van der Waals surface area contributed by atoms with E-state index in [1.54, 1.807) is 12.1 Å². The predicted molar refractivity (Wildman–Crippen MR) is 76.7 cm³/mol. The van der Waals surface area contributed by atoms with Crippen LogP contribution in [0.4, 0.5) is 11.4 Å². The number of piperazine rings is 1.